The lowest BCUT2D eigenvalue weighted by Crippen LogP contribution is -2.60. The average molecular weight is 271 g/mol. The van der Waals surface area contributed by atoms with Crippen LogP contribution in [-0.2, 0) is 6.54 Å². The van der Waals surface area contributed by atoms with Crippen molar-refractivity contribution >= 4 is 11.6 Å². The molecule has 0 saturated carbocycles. The van der Waals surface area contributed by atoms with Gasteiger partial charge in [-0.05, 0) is 26.8 Å². The molecule has 4 heteroatoms. The van der Waals surface area contributed by atoms with E-state index in [1.165, 1.54) is 0 Å². The molecule has 100 valence electrons. The van der Waals surface area contributed by atoms with Gasteiger partial charge in [0.05, 0.1) is 5.02 Å². The molecule has 0 aromatic heterocycles. The molecule has 1 aromatic carbocycles. The van der Waals surface area contributed by atoms with Crippen LogP contribution in [0.25, 0.3) is 0 Å². The zero-order valence-corrected chi connectivity index (χ0v) is 11.9. The first-order valence-electron chi connectivity index (χ1n) is 6.31. The summed E-state index contributed by atoms with van der Waals surface area (Å²) in [5.74, 6) is -0.291. The van der Waals surface area contributed by atoms with Crippen LogP contribution in [0.1, 0.15) is 26.3 Å². The highest BCUT2D eigenvalue weighted by atomic mass is 35.5. The molecule has 2 nitrogen and oxygen atoms in total. The van der Waals surface area contributed by atoms with Crippen LogP contribution in [0, 0.1) is 5.82 Å². The van der Waals surface area contributed by atoms with Crippen LogP contribution in [-0.4, -0.2) is 29.6 Å². The molecule has 1 aliphatic rings. The zero-order valence-electron chi connectivity index (χ0n) is 11.1. The lowest BCUT2D eigenvalue weighted by molar-refractivity contribution is 0.0616. The van der Waals surface area contributed by atoms with Crippen LogP contribution in [0.5, 0.6) is 0 Å². The molecule has 1 N–H and O–H groups in total. The van der Waals surface area contributed by atoms with Crippen LogP contribution < -0.4 is 5.32 Å². The Hall–Kier alpha value is -0.640. The van der Waals surface area contributed by atoms with Gasteiger partial charge in [-0.1, -0.05) is 23.7 Å². The zero-order chi connectivity index (χ0) is 13.3. The summed E-state index contributed by atoms with van der Waals surface area (Å²) < 4.78 is 13.9. The largest absolute Gasteiger partial charge is 0.311 e. The molecule has 0 amide bonds. The fourth-order valence-electron chi connectivity index (χ4n) is 2.33. The van der Waals surface area contributed by atoms with Crippen molar-refractivity contribution < 1.29 is 4.39 Å². The SMILES string of the molecule is CC1CN(Cc2cccc(Cl)c2F)C(C)(C)CN1. The first-order chi connectivity index (χ1) is 8.40. The van der Waals surface area contributed by atoms with Crippen LogP contribution in [0.4, 0.5) is 4.39 Å². The Kier molecular flexibility index (Phi) is 3.95. The van der Waals surface area contributed by atoms with Gasteiger partial charge in [0.25, 0.3) is 0 Å². The predicted molar refractivity (Wildman–Crippen MR) is 73.4 cm³/mol. The highest BCUT2D eigenvalue weighted by molar-refractivity contribution is 6.30. The second kappa shape index (κ2) is 5.16. The van der Waals surface area contributed by atoms with Crippen molar-refractivity contribution in [3.8, 4) is 0 Å². The Bertz CT molecular complexity index is 434. The van der Waals surface area contributed by atoms with Crippen molar-refractivity contribution in [2.24, 2.45) is 0 Å². The third-order valence-electron chi connectivity index (χ3n) is 3.63. The minimum absolute atomic E-state index is 0.0290. The summed E-state index contributed by atoms with van der Waals surface area (Å²) in [4.78, 5) is 2.31. The van der Waals surface area contributed by atoms with Gasteiger partial charge in [-0.15, -0.1) is 0 Å². The van der Waals surface area contributed by atoms with E-state index in [0.717, 1.165) is 13.1 Å². The topological polar surface area (TPSA) is 15.3 Å². The van der Waals surface area contributed by atoms with Gasteiger partial charge in [0, 0.05) is 36.8 Å². The number of rotatable bonds is 2. The third kappa shape index (κ3) is 2.85. The summed E-state index contributed by atoms with van der Waals surface area (Å²) in [7, 11) is 0. The summed E-state index contributed by atoms with van der Waals surface area (Å²) in [5.41, 5.74) is 0.700. The first kappa shape index (κ1) is 13.8. The highest BCUT2D eigenvalue weighted by Crippen LogP contribution is 2.24. The molecule has 0 spiro atoms. The predicted octanol–water partition coefficient (Wildman–Crippen LogP) is 3.05. The van der Waals surface area contributed by atoms with Gasteiger partial charge < -0.3 is 5.32 Å². The monoisotopic (exact) mass is 270 g/mol. The van der Waals surface area contributed by atoms with E-state index in [1.807, 2.05) is 6.07 Å². The van der Waals surface area contributed by atoms with E-state index in [4.69, 9.17) is 11.6 Å². The van der Waals surface area contributed by atoms with E-state index in [2.05, 4.69) is 31.0 Å². The van der Waals surface area contributed by atoms with Gasteiger partial charge in [0.15, 0.2) is 0 Å². The molecular formula is C14H20ClFN2. The molecule has 1 aliphatic heterocycles. The Balaban J connectivity index is 2.19. The van der Waals surface area contributed by atoms with Crippen LogP contribution >= 0.6 is 11.6 Å². The minimum Gasteiger partial charge on any atom is -0.311 e. The van der Waals surface area contributed by atoms with E-state index in [-0.39, 0.29) is 16.4 Å². The van der Waals surface area contributed by atoms with Gasteiger partial charge in [-0.2, -0.15) is 0 Å². The number of halogens is 2. The van der Waals surface area contributed by atoms with Crippen molar-refractivity contribution in [1.29, 1.82) is 0 Å². The molecule has 0 bridgehead atoms. The Morgan fingerprint density at radius 3 is 2.94 bits per heavy atom. The van der Waals surface area contributed by atoms with Crippen LogP contribution in [0.2, 0.25) is 5.02 Å². The van der Waals surface area contributed by atoms with Crippen LogP contribution in [0.3, 0.4) is 0 Å². The molecule has 0 aliphatic carbocycles. The lowest BCUT2D eigenvalue weighted by atomic mass is 9.97. The quantitative estimate of drug-likeness (QED) is 0.889. The Morgan fingerprint density at radius 2 is 2.22 bits per heavy atom. The summed E-state index contributed by atoms with van der Waals surface area (Å²) >= 11 is 5.83. The summed E-state index contributed by atoms with van der Waals surface area (Å²) in [6, 6.07) is 5.63. The van der Waals surface area contributed by atoms with Gasteiger partial charge >= 0.3 is 0 Å². The third-order valence-corrected chi connectivity index (χ3v) is 3.92. The van der Waals surface area contributed by atoms with Crippen molar-refractivity contribution in [2.45, 2.75) is 38.9 Å². The first-order valence-corrected chi connectivity index (χ1v) is 6.69. The number of piperazine rings is 1. The maximum atomic E-state index is 13.9. The molecule has 1 saturated heterocycles. The Morgan fingerprint density at radius 1 is 1.50 bits per heavy atom. The summed E-state index contributed by atoms with van der Waals surface area (Å²) in [6.07, 6.45) is 0. The molecule has 1 atom stereocenters. The van der Waals surface area contributed by atoms with E-state index in [9.17, 15) is 4.39 Å². The molecule has 1 aromatic rings. The van der Waals surface area contributed by atoms with E-state index in [1.54, 1.807) is 12.1 Å². The number of nitrogens with one attached hydrogen (secondary N) is 1. The number of nitrogens with zero attached hydrogens (tertiary/aromatic N) is 1. The number of hydrogen-bond acceptors (Lipinski definition) is 2. The fraction of sp³-hybridized carbons (Fsp3) is 0.571. The Labute approximate surface area is 113 Å². The minimum atomic E-state index is -0.291. The van der Waals surface area contributed by atoms with Crippen molar-refractivity contribution in [3.63, 3.8) is 0 Å². The van der Waals surface area contributed by atoms with Crippen molar-refractivity contribution in [2.75, 3.05) is 13.1 Å². The van der Waals surface area contributed by atoms with Gasteiger partial charge in [0.1, 0.15) is 5.82 Å². The van der Waals surface area contributed by atoms with Gasteiger partial charge in [-0.25, -0.2) is 4.39 Å². The molecule has 0 radical (unpaired) electrons. The fourth-order valence-corrected chi connectivity index (χ4v) is 2.53. The molecular weight excluding hydrogens is 251 g/mol. The normalized spacial score (nSPS) is 24.2. The molecule has 1 fully saturated rings. The molecule has 18 heavy (non-hydrogen) atoms. The van der Waals surface area contributed by atoms with Crippen molar-refractivity contribution in [3.05, 3.63) is 34.6 Å². The number of hydrogen-bond donors (Lipinski definition) is 1. The lowest BCUT2D eigenvalue weighted by Gasteiger charge is -2.45. The average Bonchev–Trinajstić information content (AvgIpc) is 2.30. The highest BCUT2D eigenvalue weighted by Gasteiger charge is 2.32. The van der Waals surface area contributed by atoms with Gasteiger partial charge in [-0.3, -0.25) is 4.90 Å². The van der Waals surface area contributed by atoms with E-state index >= 15 is 0 Å². The second-order valence-electron chi connectivity index (χ2n) is 5.69. The second-order valence-corrected chi connectivity index (χ2v) is 6.10. The maximum absolute atomic E-state index is 13.9. The molecule has 1 unspecified atom stereocenters. The van der Waals surface area contributed by atoms with Crippen molar-refractivity contribution in [1.82, 2.24) is 10.2 Å². The number of benzene rings is 1. The standard InChI is InChI=1S/C14H20ClFN2/c1-10-7-18(14(2,3)9-17-10)8-11-5-4-6-12(15)13(11)16/h4-6,10,17H,7-9H2,1-3H3. The van der Waals surface area contributed by atoms with E-state index in [0.29, 0.717) is 18.2 Å². The smallest absolute Gasteiger partial charge is 0.146 e. The summed E-state index contributed by atoms with van der Waals surface area (Å²) in [6.45, 7) is 8.93. The maximum Gasteiger partial charge on any atom is 0.146 e. The van der Waals surface area contributed by atoms with Gasteiger partial charge in [0.2, 0.25) is 0 Å². The van der Waals surface area contributed by atoms with E-state index < -0.39 is 0 Å². The summed E-state index contributed by atoms with van der Waals surface area (Å²) in [5, 5.41) is 3.65. The molecule has 1 heterocycles. The van der Waals surface area contributed by atoms with Crippen LogP contribution in [0.15, 0.2) is 18.2 Å². The molecule has 2 rings (SSSR count).